The van der Waals surface area contributed by atoms with Gasteiger partial charge in [-0.15, -0.1) is 11.3 Å². The average molecular weight is 333 g/mol. The van der Waals surface area contributed by atoms with Gasteiger partial charge in [0.25, 0.3) is 0 Å². The van der Waals surface area contributed by atoms with E-state index in [0.717, 1.165) is 23.3 Å². The highest BCUT2D eigenvalue weighted by Gasteiger charge is 2.60. The van der Waals surface area contributed by atoms with Crippen molar-refractivity contribution < 1.29 is 26.3 Å². The third-order valence-electron chi connectivity index (χ3n) is 3.02. The molecule has 122 valence electrons. The molecule has 0 aliphatic heterocycles. The maximum Gasteiger partial charge on any atom is 0.402 e. The Bertz CT molecular complexity index is 454. The molecule has 0 spiro atoms. The predicted molar refractivity (Wildman–Crippen MR) is 70.4 cm³/mol. The van der Waals surface area contributed by atoms with Crippen LogP contribution in [-0.4, -0.2) is 19.4 Å². The number of hydrogen-bond donors (Lipinski definition) is 1. The van der Waals surface area contributed by atoms with Gasteiger partial charge in [0.2, 0.25) is 0 Å². The maximum atomic E-state index is 12.8. The Morgan fingerprint density at radius 3 is 1.71 bits per heavy atom. The Morgan fingerprint density at radius 1 is 0.952 bits per heavy atom. The van der Waals surface area contributed by atoms with Crippen molar-refractivity contribution in [1.82, 2.24) is 5.32 Å². The van der Waals surface area contributed by atoms with Gasteiger partial charge < -0.3 is 5.32 Å². The molecule has 0 fully saturated rings. The third kappa shape index (κ3) is 4.35. The lowest BCUT2D eigenvalue weighted by Crippen LogP contribution is -2.44. The Kier molecular flexibility index (Phi) is 5.05. The quantitative estimate of drug-likeness (QED) is 0.764. The first-order valence-corrected chi connectivity index (χ1v) is 7.01. The Morgan fingerprint density at radius 2 is 1.43 bits per heavy atom. The van der Waals surface area contributed by atoms with Crippen molar-refractivity contribution in [2.24, 2.45) is 5.92 Å². The number of hydrogen-bond acceptors (Lipinski definition) is 2. The third-order valence-corrected chi connectivity index (χ3v) is 4.62. The van der Waals surface area contributed by atoms with Crippen LogP contribution in [0.15, 0.2) is 12.1 Å². The monoisotopic (exact) mass is 333 g/mol. The summed E-state index contributed by atoms with van der Waals surface area (Å²) in [6.45, 7) is 5.55. The molecule has 1 N–H and O–H groups in total. The van der Waals surface area contributed by atoms with Gasteiger partial charge in [-0.2, -0.15) is 26.3 Å². The van der Waals surface area contributed by atoms with Gasteiger partial charge in [0.05, 0.1) is 6.04 Å². The van der Waals surface area contributed by atoms with Crippen LogP contribution in [0.1, 0.15) is 36.6 Å². The van der Waals surface area contributed by atoms with Crippen LogP contribution >= 0.6 is 11.3 Å². The average Bonchev–Trinajstić information content (AvgIpc) is 2.70. The SMILES string of the molecule is CNC(c1ccc(C(C)(C)C)s1)C(C(F)(F)F)C(F)(F)F. The van der Waals surface area contributed by atoms with E-state index in [0.29, 0.717) is 0 Å². The lowest BCUT2D eigenvalue weighted by atomic mass is 9.94. The number of rotatable bonds is 3. The predicted octanol–water partition coefficient (Wildman–Crippen LogP) is 5.05. The van der Waals surface area contributed by atoms with E-state index in [1.165, 1.54) is 6.07 Å². The lowest BCUT2D eigenvalue weighted by molar-refractivity contribution is -0.292. The van der Waals surface area contributed by atoms with Crippen molar-refractivity contribution >= 4 is 11.3 Å². The second kappa shape index (κ2) is 5.79. The van der Waals surface area contributed by atoms with Crippen LogP contribution < -0.4 is 5.32 Å². The van der Waals surface area contributed by atoms with E-state index in [1.807, 2.05) is 20.8 Å². The molecule has 1 unspecified atom stereocenters. The molecule has 1 heterocycles. The van der Waals surface area contributed by atoms with Crippen molar-refractivity contribution in [1.29, 1.82) is 0 Å². The molecule has 1 aromatic rings. The molecule has 0 bridgehead atoms. The summed E-state index contributed by atoms with van der Waals surface area (Å²) in [5, 5.41) is 2.17. The molecule has 1 rings (SSSR count). The van der Waals surface area contributed by atoms with Gasteiger partial charge in [-0.25, -0.2) is 0 Å². The fourth-order valence-electron chi connectivity index (χ4n) is 1.96. The first-order valence-electron chi connectivity index (χ1n) is 6.19. The highest BCUT2D eigenvalue weighted by Crippen LogP contribution is 2.48. The zero-order chi connectivity index (χ0) is 16.6. The van der Waals surface area contributed by atoms with Crippen molar-refractivity contribution in [2.45, 2.75) is 44.6 Å². The summed E-state index contributed by atoms with van der Waals surface area (Å²) in [7, 11) is 1.10. The summed E-state index contributed by atoms with van der Waals surface area (Å²) >= 11 is 0.971. The number of halogens is 6. The van der Waals surface area contributed by atoms with E-state index in [2.05, 4.69) is 5.32 Å². The van der Waals surface area contributed by atoms with Crippen LogP contribution in [0.4, 0.5) is 26.3 Å². The van der Waals surface area contributed by atoms with Gasteiger partial charge in [0.1, 0.15) is 0 Å². The van der Waals surface area contributed by atoms with Crippen LogP contribution in [0, 0.1) is 5.92 Å². The Labute approximate surface area is 123 Å². The zero-order valence-corrected chi connectivity index (χ0v) is 12.8. The molecule has 1 atom stereocenters. The van der Waals surface area contributed by atoms with Crippen LogP contribution in [-0.2, 0) is 5.41 Å². The summed E-state index contributed by atoms with van der Waals surface area (Å²) < 4.78 is 76.9. The largest absolute Gasteiger partial charge is 0.402 e. The van der Waals surface area contributed by atoms with Crippen molar-refractivity contribution in [3.05, 3.63) is 21.9 Å². The molecule has 0 aliphatic carbocycles. The summed E-state index contributed by atoms with van der Waals surface area (Å²) in [6, 6.07) is 1.07. The fraction of sp³-hybridized carbons (Fsp3) is 0.692. The number of nitrogens with one attached hydrogen (secondary N) is 1. The van der Waals surface area contributed by atoms with Crippen LogP contribution in [0.2, 0.25) is 0 Å². The van der Waals surface area contributed by atoms with Gasteiger partial charge in [-0.3, -0.25) is 0 Å². The van der Waals surface area contributed by atoms with Gasteiger partial charge in [-0.1, -0.05) is 20.8 Å². The van der Waals surface area contributed by atoms with Crippen LogP contribution in [0.3, 0.4) is 0 Å². The molecule has 0 radical (unpaired) electrons. The second-order valence-corrected chi connectivity index (χ2v) is 6.89. The minimum Gasteiger partial charge on any atom is -0.312 e. The van der Waals surface area contributed by atoms with Crippen molar-refractivity contribution in [3.8, 4) is 0 Å². The molecule has 8 heteroatoms. The minimum absolute atomic E-state index is 0.0297. The van der Waals surface area contributed by atoms with Gasteiger partial charge in [0, 0.05) is 9.75 Å². The normalized spacial score (nSPS) is 15.6. The van der Waals surface area contributed by atoms with Gasteiger partial charge >= 0.3 is 12.4 Å². The van der Waals surface area contributed by atoms with E-state index in [1.54, 1.807) is 6.07 Å². The summed E-state index contributed by atoms with van der Waals surface area (Å²) in [5.74, 6) is -3.43. The van der Waals surface area contributed by atoms with E-state index >= 15 is 0 Å². The Hall–Kier alpha value is -0.760. The van der Waals surface area contributed by atoms with Gasteiger partial charge in [0.15, 0.2) is 5.92 Å². The first-order chi connectivity index (χ1) is 9.28. The summed E-state index contributed by atoms with van der Waals surface area (Å²) in [5.41, 5.74) is -0.326. The van der Waals surface area contributed by atoms with E-state index in [-0.39, 0.29) is 10.3 Å². The highest BCUT2D eigenvalue weighted by atomic mass is 32.1. The summed E-state index contributed by atoms with van der Waals surface area (Å²) in [6.07, 6.45) is -10.7. The minimum atomic E-state index is -5.36. The maximum absolute atomic E-state index is 12.8. The van der Waals surface area contributed by atoms with E-state index in [4.69, 9.17) is 0 Å². The molecule has 0 aromatic carbocycles. The molecule has 21 heavy (non-hydrogen) atoms. The highest BCUT2D eigenvalue weighted by molar-refractivity contribution is 7.12. The lowest BCUT2D eigenvalue weighted by Gasteiger charge is -2.30. The van der Waals surface area contributed by atoms with Crippen LogP contribution in [0.25, 0.3) is 0 Å². The van der Waals surface area contributed by atoms with Crippen molar-refractivity contribution in [2.75, 3.05) is 7.05 Å². The molecule has 1 nitrogen and oxygen atoms in total. The van der Waals surface area contributed by atoms with Gasteiger partial charge in [-0.05, 0) is 24.6 Å². The smallest absolute Gasteiger partial charge is 0.312 e. The zero-order valence-electron chi connectivity index (χ0n) is 12.0. The molecule has 0 amide bonds. The van der Waals surface area contributed by atoms with E-state index < -0.39 is 24.3 Å². The Balaban J connectivity index is 3.25. The molecule has 1 aromatic heterocycles. The summed E-state index contributed by atoms with van der Waals surface area (Å²) in [4.78, 5) is 0.767. The number of alkyl halides is 6. The fourth-order valence-corrected chi connectivity index (χ4v) is 3.17. The molecular weight excluding hydrogens is 316 g/mol. The second-order valence-electron chi connectivity index (χ2n) is 5.78. The first kappa shape index (κ1) is 18.3. The molecular formula is C13H17F6NS. The van der Waals surface area contributed by atoms with Crippen molar-refractivity contribution in [3.63, 3.8) is 0 Å². The standard InChI is InChI=1S/C13H17F6NS/c1-11(2,3)8-6-5-7(21-8)9(20-4)10(12(14,15)16)13(17,18)19/h5-6,9-10,20H,1-4H3. The molecule has 0 aliphatic rings. The van der Waals surface area contributed by atoms with E-state index in [9.17, 15) is 26.3 Å². The molecule has 0 saturated carbocycles. The number of thiophene rings is 1. The molecule has 0 saturated heterocycles. The topological polar surface area (TPSA) is 12.0 Å². The van der Waals surface area contributed by atoms with Crippen LogP contribution in [0.5, 0.6) is 0 Å².